The average Bonchev–Trinajstić information content (AvgIpc) is 2.65. The topological polar surface area (TPSA) is 55.4 Å². The van der Waals surface area contributed by atoms with E-state index in [9.17, 15) is 8.42 Å². The Morgan fingerprint density at radius 3 is 2.37 bits per heavy atom. The zero-order valence-corrected chi connectivity index (χ0v) is 18.0. The van der Waals surface area contributed by atoms with Gasteiger partial charge >= 0.3 is 0 Å². The third-order valence-corrected chi connectivity index (χ3v) is 6.44. The molecule has 0 heterocycles. The van der Waals surface area contributed by atoms with Gasteiger partial charge in [0.25, 0.3) is 0 Å². The molecule has 2 atom stereocenters. The highest BCUT2D eigenvalue weighted by Crippen LogP contribution is 2.34. The van der Waals surface area contributed by atoms with Crippen LogP contribution < -0.4 is 4.72 Å². The van der Waals surface area contributed by atoms with Gasteiger partial charge in [-0.1, -0.05) is 63.4 Å². The molecule has 0 aromatic heterocycles. The number of ether oxygens (including phenoxy) is 1. The predicted molar refractivity (Wildman–Crippen MR) is 112 cm³/mol. The molecule has 1 aromatic carbocycles. The van der Waals surface area contributed by atoms with E-state index in [0.717, 1.165) is 38.5 Å². The summed E-state index contributed by atoms with van der Waals surface area (Å²) in [6.07, 6.45) is 10.3. The van der Waals surface area contributed by atoms with Gasteiger partial charge in [0, 0.05) is 6.04 Å². The summed E-state index contributed by atoms with van der Waals surface area (Å²) in [5.74, 6) is 0.834. The van der Waals surface area contributed by atoms with Crippen LogP contribution in [0.5, 0.6) is 0 Å². The second kappa shape index (κ2) is 11.2. The molecule has 1 aliphatic carbocycles. The van der Waals surface area contributed by atoms with Gasteiger partial charge in [0.2, 0.25) is 10.0 Å². The smallest absolute Gasteiger partial charge is 0.208 e. The lowest BCUT2D eigenvalue weighted by Gasteiger charge is -2.31. The summed E-state index contributed by atoms with van der Waals surface area (Å²) in [7, 11) is -3.19. The Kier molecular flexibility index (Phi) is 9.27. The van der Waals surface area contributed by atoms with Crippen LogP contribution >= 0.6 is 0 Å². The van der Waals surface area contributed by atoms with Gasteiger partial charge in [0.05, 0.1) is 19.0 Å². The number of nitrogens with one attached hydrogen (secondary N) is 1. The van der Waals surface area contributed by atoms with E-state index < -0.39 is 10.0 Å². The molecule has 0 amide bonds. The number of hydrogen-bond donors (Lipinski definition) is 1. The molecule has 0 radical (unpaired) electrons. The molecule has 5 heteroatoms. The summed E-state index contributed by atoms with van der Waals surface area (Å²) in [6, 6.07) is 10.7. The molecule has 1 fully saturated rings. The molecule has 2 unspecified atom stereocenters. The molecule has 1 N–H and O–H groups in total. The Bertz CT molecular complexity index is 624. The lowest BCUT2D eigenvalue weighted by atomic mass is 9.83. The molecule has 0 aliphatic heterocycles. The van der Waals surface area contributed by atoms with Crippen LogP contribution in [0.15, 0.2) is 30.3 Å². The molecule has 0 spiro atoms. The zero-order valence-electron chi connectivity index (χ0n) is 17.2. The normalized spacial score (nSPS) is 23.1. The number of hydrogen-bond acceptors (Lipinski definition) is 3. The second-order valence-corrected chi connectivity index (χ2v) is 9.97. The Labute approximate surface area is 166 Å². The van der Waals surface area contributed by atoms with Gasteiger partial charge in [-0.3, -0.25) is 0 Å². The monoisotopic (exact) mass is 395 g/mol. The van der Waals surface area contributed by atoms with E-state index in [2.05, 4.69) is 48.9 Å². The summed E-state index contributed by atoms with van der Waals surface area (Å²) in [6.45, 7) is 4.89. The molecule has 0 saturated heterocycles. The maximum absolute atomic E-state index is 11.7. The van der Waals surface area contributed by atoms with E-state index in [0.29, 0.717) is 18.6 Å². The first-order valence-electron chi connectivity index (χ1n) is 10.5. The fourth-order valence-electron chi connectivity index (χ4n) is 4.04. The molecular formula is C22H37NO3S. The number of rotatable bonds is 11. The molecule has 154 valence electrons. The van der Waals surface area contributed by atoms with Crippen molar-refractivity contribution < 1.29 is 13.2 Å². The largest absolute Gasteiger partial charge is 0.378 e. The van der Waals surface area contributed by atoms with Gasteiger partial charge in [0.1, 0.15) is 0 Å². The maximum Gasteiger partial charge on any atom is 0.208 e. The molecule has 1 saturated carbocycles. The van der Waals surface area contributed by atoms with Gasteiger partial charge in [0.15, 0.2) is 0 Å². The van der Waals surface area contributed by atoms with Crippen LogP contribution in [-0.2, 0) is 14.8 Å². The fraction of sp³-hybridized carbons (Fsp3) is 0.727. The van der Waals surface area contributed by atoms with E-state index in [1.54, 1.807) is 0 Å². The van der Waals surface area contributed by atoms with Crippen molar-refractivity contribution in [3.8, 4) is 0 Å². The molecule has 1 aromatic rings. The van der Waals surface area contributed by atoms with Crippen LogP contribution in [0.4, 0.5) is 0 Å². The summed E-state index contributed by atoms with van der Waals surface area (Å²) >= 11 is 0. The third kappa shape index (κ3) is 8.32. The van der Waals surface area contributed by atoms with Gasteiger partial charge in [-0.15, -0.1) is 0 Å². The van der Waals surface area contributed by atoms with Crippen LogP contribution in [-0.4, -0.2) is 33.4 Å². The highest BCUT2D eigenvalue weighted by Gasteiger charge is 2.25. The lowest BCUT2D eigenvalue weighted by Crippen LogP contribution is -2.41. The first-order valence-corrected chi connectivity index (χ1v) is 12.4. The average molecular weight is 396 g/mol. The van der Waals surface area contributed by atoms with Gasteiger partial charge in [-0.05, 0) is 49.5 Å². The summed E-state index contributed by atoms with van der Waals surface area (Å²) in [4.78, 5) is 0. The lowest BCUT2D eigenvalue weighted by molar-refractivity contribution is 0.00203. The van der Waals surface area contributed by atoms with Gasteiger partial charge in [-0.2, -0.15) is 0 Å². The van der Waals surface area contributed by atoms with Crippen LogP contribution in [0.1, 0.15) is 76.7 Å². The van der Waals surface area contributed by atoms with Gasteiger partial charge < -0.3 is 4.74 Å². The molecule has 1 aliphatic rings. The summed E-state index contributed by atoms with van der Waals surface area (Å²) in [5.41, 5.74) is 1.44. The van der Waals surface area contributed by atoms with E-state index in [4.69, 9.17) is 4.74 Å². The van der Waals surface area contributed by atoms with Crippen molar-refractivity contribution in [2.45, 2.75) is 83.3 Å². The highest BCUT2D eigenvalue weighted by atomic mass is 32.2. The summed E-state index contributed by atoms with van der Waals surface area (Å²) < 4.78 is 32.4. The van der Waals surface area contributed by atoms with Crippen molar-refractivity contribution in [1.82, 2.24) is 4.72 Å². The zero-order chi connectivity index (χ0) is 19.7. The Morgan fingerprint density at radius 2 is 1.78 bits per heavy atom. The summed E-state index contributed by atoms with van der Waals surface area (Å²) in [5, 5.41) is 0. The van der Waals surface area contributed by atoms with Crippen LogP contribution in [0, 0.1) is 5.92 Å². The van der Waals surface area contributed by atoms with Crippen LogP contribution in [0.2, 0.25) is 0 Å². The number of unbranched alkanes of at least 4 members (excludes halogenated alkanes) is 2. The third-order valence-electron chi connectivity index (χ3n) is 5.71. The highest BCUT2D eigenvalue weighted by molar-refractivity contribution is 7.88. The molecular weight excluding hydrogens is 358 g/mol. The minimum atomic E-state index is -3.19. The first kappa shape index (κ1) is 22.4. The quantitative estimate of drug-likeness (QED) is 0.544. The molecule has 4 nitrogen and oxygen atoms in total. The minimum absolute atomic E-state index is 0.0350. The van der Waals surface area contributed by atoms with E-state index in [1.807, 2.05) is 0 Å². The van der Waals surface area contributed by atoms with Crippen LogP contribution in [0.25, 0.3) is 0 Å². The van der Waals surface area contributed by atoms with Crippen molar-refractivity contribution in [3.63, 3.8) is 0 Å². The second-order valence-electron chi connectivity index (χ2n) is 8.19. The van der Waals surface area contributed by atoms with E-state index >= 15 is 0 Å². The van der Waals surface area contributed by atoms with Crippen molar-refractivity contribution in [1.29, 1.82) is 0 Å². The van der Waals surface area contributed by atoms with Crippen molar-refractivity contribution in [2.75, 3.05) is 12.9 Å². The van der Waals surface area contributed by atoms with Crippen molar-refractivity contribution in [2.24, 2.45) is 5.92 Å². The Balaban J connectivity index is 1.78. The number of sulfonamides is 1. The maximum atomic E-state index is 11.7. The van der Waals surface area contributed by atoms with E-state index in [-0.39, 0.29) is 12.0 Å². The van der Waals surface area contributed by atoms with Crippen LogP contribution in [0.3, 0.4) is 0 Å². The predicted octanol–water partition coefficient (Wildman–Crippen LogP) is 4.86. The van der Waals surface area contributed by atoms with E-state index in [1.165, 1.54) is 24.7 Å². The standard InChI is InChI=1S/C22H37NO3S/c1-4-5-7-12-22(23-27(3,24)25)18(2)17-26-21-15-13-20(14-16-21)19-10-8-6-9-11-19/h6,8-11,18,20-23H,4-5,7,12-17H2,1-3H3. The molecule has 27 heavy (non-hydrogen) atoms. The fourth-order valence-corrected chi connectivity index (χ4v) is 4.94. The Hall–Kier alpha value is -0.910. The minimum Gasteiger partial charge on any atom is -0.378 e. The SMILES string of the molecule is CCCCCC(NS(C)(=O)=O)C(C)COC1CCC(c2ccccc2)CC1. The van der Waals surface area contributed by atoms with Crippen molar-refractivity contribution >= 4 is 10.0 Å². The Morgan fingerprint density at radius 1 is 1.11 bits per heavy atom. The molecule has 0 bridgehead atoms. The molecule has 2 rings (SSSR count). The first-order chi connectivity index (χ1) is 12.9. The van der Waals surface area contributed by atoms with Crippen molar-refractivity contribution in [3.05, 3.63) is 35.9 Å². The number of benzene rings is 1. The van der Waals surface area contributed by atoms with Gasteiger partial charge in [-0.25, -0.2) is 13.1 Å².